The number of carbonyl (C=O) groups is 1. The van der Waals surface area contributed by atoms with Crippen molar-refractivity contribution in [2.45, 2.75) is 19.2 Å². The van der Waals surface area contributed by atoms with Crippen molar-refractivity contribution >= 4 is 17.2 Å². The Kier molecular flexibility index (Phi) is 7.32. The molecule has 3 aromatic rings. The molecule has 0 saturated heterocycles. The van der Waals surface area contributed by atoms with Gasteiger partial charge in [0.25, 0.3) is 0 Å². The quantitative estimate of drug-likeness (QED) is 0.550. The van der Waals surface area contributed by atoms with E-state index in [2.05, 4.69) is 10.1 Å². The lowest BCUT2D eigenvalue weighted by molar-refractivity contribution is -0.122. The molecule has 0 saturated carbocycles. The first-order valence-electron chi connectivity index (χ1n) is 9.11. The lowest BCUT2D eigenvalue weighted by Gasteiger charge is -2.21. The Labute approximate surface area is 172 Å². The number of alkyl halides is 2. The minimum absolute atomic E-state index is 0.0904. The highest BCUT2D eigenvalue weighted by atomic mass is 32.1. The number of nitrogens with zero attached hydrogens (tertiary/aromatic N) is 1. The SMILES string of the molecule is CN(CC(=O)N[C@H](c1ccccc1)c1cccs1)Cc1ccc(OC(F)F)cc1. The van der Waals surface area contributed by atoms with Crippen LogP contribution in [0.15, 0.2) is 72.1 Å². The third-order valence-corrected chi connectivity index (χ3v) is 5.22. The number of hydrogen-bond acceptors (Lipinski definition) is 4. The minimum Gasteiger partial charge on any atom is -0.435 e. The number of hydrogen-bond donors (Lipinski definition) is 1. The second-order valence-electron chi connectivity index (χ2n) is 6.62. The van der Waals surface area contributed by atoms with Gasteiger partial charge in [0.15, 0.2) is 0 Å². The molecule has 0 aliphatic rings. The number of carbonyl (C=O) groups excluding carboxylic acids is 1. The number of nitrogens with one attached hydrogen (secondary N) is 1. The van der Waals surface area contributed by atoms with Crippen molar-refractivity contribution in [1.82, 2.24) is 10.2 Å². The van der Waals surface area contributed by atoms with Crippen LogP contribution in [-0.2, 0) is 11.3 Å². The normalized spacial score (nSPS) is 12.2. The molecule has 4 nitrogen and oxygen atoms in total. The summed E-state index contributed by atoms with van der Waals surface area (Å²) >= 11 is 1.60. The number of amides is 1. The number of likely N-dealkylation sites (N-methyl/N-ethyl adjacent to an activating group) is 1. The van der Waals surface area contributed by atoms with Crippen molar-refractivity contribution in [3.63, 3.8) is 0 Å². The smallest absolute Gasteiger partial charge is 0.387 e. The molecule has 1 N–H and O–H groups in total. The molecule has 1 atom stereocenters. The van der Waals surface area contributed by atoms with Gasteiger partial charge in [-0.2, -0.15) is 8.78 Å². The molecular weight excluding hydrogens is 394 g/mol. The highest BCUT2D eigenvalue weighted by Gasteiger charge is 2.18. The van der Waals surface area contributed by atoms with Crippen LogP contribution in [0.5, 0.6) is 5.75 Å². The third kappa shape index (κ3) is 6.37. The lowest BCUT2D eigenvalue weighted by atomic mass is 10.1. The zero-order chi connectivity index (χ0) is 20.6. The van der Waals surface area contributed by atoms with E-state index in [1.54, 1.807) is 23.5 Å². The summed E-state index contributed by atoms with van der Waals surface area (Å²) in [6.07, 6.45) is 0. The molecule has 29 heavy (non-hydrogen) atoms. The highest BCUT2D eigenvalue weighted by molar-refractivity contribution is 7.10. The number of benzene rings is 2. The van der Waals surface area contributed by atoms with Crippen LogP contribution >= 0.6 is 11.3 Å². The largest absolute Gasteiger partial charge is 0.435 e. The lowest BCUT2D eigenvalue weighted by Crippen LogP contribution is -2.37. The van der Waals surface area contributed by atoms with Crippen LogP contribution in [0.3, 0.4) is 0 Å². The van der Waals surface area contributed by atoms with Gasteiger partial charge in [-0.1, -0.05) is 48.5 Å². The first-order valence-corrected chi connectivity index (χ1v) is 9.99. The van der Waals surface area contributed by atoms with E-state index >= 15 is 0 Å². The summed E-state index contributed by atoms with van der Waals surface area (Å²) in [5.41, 5.74) is 1.93. The van der Waals surface area contributed by atoms with E-state index < -0.39 is 6.61 Å². The second kappa shape index (κ2) is 10.1. The van der Waals surface area contributed by atoms with Crippen LogP contribution in [0, 0.1) is 0 Å². The van der Waals surface area contributed by atoms with Gasteiger partial charge in [-0.25, -0.2) is 0 Å². The summed E-state index contributed by atoms with van der Waals surface area (Å²) in [6.45, 7) is -2.12. The van der Waals surface area contributed by atoms with E-state index in [9.17, 15) is 13.6 Å². The van der Waals surface area contributed by atoms with Gasteiger partial charge >= 0.3 is 6.61 Å². The molecule has 2 aromatic carbocycles. The third-order valence-electron chi connectivity index (χ3n) is 4.28. The molecule has 0 unspecified atom stereocenters. The van der Waals surface area contributed by atoms with Crippen molar-refractivity contribution in [2.75, 3.05) is 13.6 Å². The van der Waals surface area contributed by atoms with Gasteiger partial charge in [0, 0.05) is 11.4 Å². The predicted molar refractivity (Wildman–Crippen MR) is 110 cm³/mol. The molecule has 0 aliphatic heterocycles. The summed E-state index contributed by atoms with van der Waals surface area (Å²) in [7, 11) is 1.84. The fourth-order valence-corrected chi connectivity index (χ4v) is 3.82. The van der Waals surface area contributed by atoms with Crippen LogP contribution < -0.4 is 10.1 Å². The Morgan fingerprint density at radius 2 is 1.79 bits per heavy atom. The molecule has 1 amide bonds. The summed E-state index contributed by atoms with van der Waals surface area (Å²) < 4.78 is 28.8. The number of rotatable bonds is 9. The Hall–Kier alpha value is -2.77. The molecule has 0 radical (unpaired) electrons. The van der Waals surface area contributed by atoms with Gasteiger partial charge in [0.1, 0.15) is 5.75 Å². The molecule has 1 heterocycles. The van der Waals surface area contributed by atoms with Crippen molar-refractivity contribution in [3.8, 4) is 5.75 Å². The fraction of sp³-hybridized carbons (Fsp3) is 0.227. The summed E-state index contributed by atoms with van der Waals surface area (Å²) in [4.78, 5) is 15.6. The molecule has 7 heteroatoms. The molecular formula is C22H22F2N2O2S. The first-order chi connectivity index (χ1) is 14.0. The maximum absolute atomic E-state index is 12.6. The Morgan fingerprint density at radius 3 is 2.41 bits per heavy atom. The predicted octanol–water partition coefficient (Wildman–Crippen LogP) is 4.69. The van der Waals surface area contributed by atoms with Crippen LogP contribution in [0.1, 0.15) is 22.0 Å². The monoisotopic (exact) mass is 416 g/mol. The van der Waals surface area contributed by atoms with Crippen molar-refractivity contribution in [2.24, 2.45) is 0 Å². The molecule has 0 bridgehead atoms. The Morgan fingerprint density at radius 1 is 1.07 bits per heavy atom. The van der Waals surface area contributed by atoms with Gasteiger partial charge in [-0.3, -0.25) is 9.69 Å². The van der Waals surface area contributed by atoms with E-state index in [0.717, 1.165) is 16.0 Å². The van der Waals surface area contributed by atoms with E-state index in [1.165, 1.54) is 12.1 Å². The molecule has 0 spiro atoms. The minimum atomic E-state index is -2.84. The number of ether oxygens (including phenoxy) is 1. The van der Waals surface area contributed by atoms with Crippen molar-refractivity contribution in [1.29, 1.82) is 0 Å². The molecule has 152 valence electrons. The van der Waals surface area contributed by atoms with Crippen LogP contribution in [0.2, 0.25) is 0 Å². The molecule has 3 rings (SSSR count). The molecule has 1 aromatic heterocycles. The maximum atomic E-state index is 12.6. The second-order valence-corrected chi connectivity index (χ2v) is 7.60. The van der Waals surface area contributed by atoms with Gasteiger partial charge < -0.3 is 10.1 Å². The van der Waals surface area contributed by atoms with E-state index in [-0.39, 0.29) is 24.2 Å². The Balaban J connectivity index is 1.58. The first kappa shape index (κ1) is 21.0. The maximum Gasteiger partial charge on any atom is 0.387 e. The van der Waals surface area contributed by atoms with Crippen LogP contribution in [-0.4, -0.2) is 31.0 Å². The van der Waals surface area contributed by atoms with Crippen LogP contribution in [0.25, 0.3) is 0 Å². The Bertz CT molecular complexity index is 887. The summed E-state index contributed by atoms with van der Waals surface area (Å²) in [5, 5.41) is 5.10. The highest BCUT2D eigenvalue weighted by Crippen LogP contribution is 2.25. The zero-order valence-electron chi connectivity index (χ0n) is 15.9. The zero-order valence-corrected chi connectivity index (χ0v) is 16.7. The molecule has 0 aliphatic carbocycles. The van der Waals surface area contributed by atoms with Gasteiger partial charge in [-0.05, 0) is 41.8 Å². The van der Waals surface area contributed by atoms with E-state index in [0.29, 0.717) is 6.54 Å². The topological polar surface area (TPSA) is 41.6 Å². The van der Waals surface area contributed by atoms with E-state index in [1.807, 2.05) is 59.8 Å². The number of thiophene rings is 1. The van der Waals surface area contributed by atoms with Crippen molar-refractivity contribution < 1.29 is 18.3 Å². The van der Waals surface area contributed by atoms with E-state index in [4.69, 9.17) is 0 Å². The fourth-order valence-electron chi connectivity index (χ4n) is 3.02. The number of halogens is 2. The molecule has 0 fully saturated rings. The summed E-state index contributed by atoms with van der Waals surface area (Å²) in [6, 6.07) is 20.1. The standard InChI is InChI=1S/C22H22F2N2O2S/c1-26(14-16-9-11-18(12-10-16)28-22(23)24)15-20(27)25-21(19-8-5-13-29-19)17-6-3-2-4-7-17/h2-13,21-22H,14-15H2,1H3,(H,25,27)/t21-/m1/s1. The van der Waals surface area contributed by atoms with Gasteiger partial charge in [0.2, 0.25) is 5.91 Å². The summed E-state index contributed by atoms with van der Waals surface area (Å²) in [5.74, 6) is 0.0261. The van der Waals surface area contributed by atoms with Crippen LogP contribution in [0.4, 0.5) is 8.78 Å². The van der Waals surface area contributed by atoms with Crippen molar-refractivity contribution in [3.05, 3.63) is 88.1 Å². The van der Waals surface area contributed by atoms with Gasteiger partial charge in [-0.15, -0.1) is 11.3 Å². The average molecular weight is 416 g/mol. The average Bonchev–Trinajstić information content (AvgIpc) is 3.22. The van der Waals surface area contributed by atoms with Gasteiger partial charge in [0.05, 0.1) is 12.6 Å².